The minimum atomic E-state index is -0.878. The Labute approximate surface area is 155 Å². The van der Waals surface area contributed by atoms with Crippen LogP contribution >= 0.6 is 15.9 Å². The van der Waals surface area contributed by atoms with E-state index in [1.807, 2.05) is 6.07 Å². The average molecular weight is 419 g/mol. The molecular weight excluding hydrogens is 408 g/mol. The largest absolute Gasteiger partial charge is 0.459 e. The summed E-state index contributed by atoms with van der Waals surface area (Å²) >= 11 is 3.30. The summed E-state index contributed by atoms with van der Waals surface area (Å²) in [6.45, 7) is -0.640. The molecule has 8 nitrogen and oxygen atoms in total. The number of nitrogens with zero attached hydrogens (tertiary/aromatic N) is 2. The maximum absolute atomic E-state index is 12.4. The molecule has 0 aromatic heterocycles. The highest BCUT2D eigenvalue weighted by Gasteiger charge is 2.41. The number of nitro groups is 1. The number of amides is 2. The number of nitro benzene ring substituents is 1. The lowest BCUT2D eigenvalue weighted by Crippen LogP contribution is -2.35. The second kappa shape index (κ2) is 7.04. The molecule has 0 atom stereocenters. The van der Waals surface area contributed by atoms with E-state index >= 15 is 0 Å². The number of benzene rings is 2. The quantitative estimate of drug-likeness (QED) is 0.319. The Kier molecular flexibility index (Phi) is 4.81. The van der Waals surface area contributed by atoms with E-state index in [0.717, 1.165) is 16.1 Å². The van der Waals surface area contributed by atoms with Gasteiger partial charge in [0.05, 0.1) is 10.5 Å². The molecule has 2 amide bonds. The van der Waals surface area contributed by atoms with Crippen LogP contribution in [-0.4, -0.2) is 34.2 Å². The zero-order valence-corrected chi connectivity index (χ0v) is 14.8. The molecule has 2 aromatic carbocycles. The molecule has 0 unspecified atom stereocenters. The highest BCUT2D eigenvalue weighted by Crippen LogP contribution is 2.30. The van der Waals surface area contributed by atoms with Gasteiger partial charge < -0.3 is 4.74 Å². The minimum absolute atomic E-state index is 0.0262. The summed E-state index contributed by atoms with van der Waals surface area (Å²) in [4.78, 5) is 47.7. The van der Waals surface area contributed by atoms with Gasteiger partial charge in [-0.15, -0.1) is 0 Å². The first kappa shape index (κ1) is 17.7. The average Bonchev–Trinajstić information content (AvgIpc) is 2.85. The molecule has 0 aliphatic carbocycles. The molecule has 3 rings (SSSR count). The van der Waals surface area contributed by atoms with Gasteiger partial charge in [-0.25, -0.2) is 0 Å². The number of carbonyl (C=O) groups is 3. The number of rotatable bonds is 5. The number of imide groups is 1. The molecule has 9 heteroatoms. The van der Waals surface area contributed by atoms with Crippen molar-refractivity contribution in [3.63, 3.8) is 0 Å². The van der Waals surface area contributed by atoms with Crippen molar-refractivity contribution in [1.29, 1.82) is 0 Å². The standard InChI is InChI=1S/C17H11BrN2O6/c18-11-4-1-3-10(7-11)9-26-14(21)8-19-16(22)12-5-2-6-13(20(24)25)15(12)17(19)23/h1-7H,8-9H2. The van der Waals surface area contributed by atoms with Gasteiger partial charge in [-0.2, -0.15) is 0 Å². The molecule has 132 valence electrons. The summed E-state index contributed by atoms with van der Waals surface area (Å²) in [6, 6.07) is 10.9. The molecule has 1 heterocycles. The van der Waals surface area contributed by atoms with Crippen molar-refractivity contribution >= 4 is 39.4 Å². The van der Waals surface area contributed by atoms with Gasteiger partial charge in [-0.3, -0.25) is 29.4 Å². The smallest absolute Gasteiger partial charge is 0.326 e. The van der Waals surface area contributed by atoms with E-state index in [1.54, 1.807) is 18.2 Å². The maximum Gasteiger partial charge on any atom is 0.326 e. The number of esters is 1. The Morgan fingerprint density at radius 1 is 1.15 bits per heavy atom. The van der Waals surface area contributed by atoms with E-state index in [9.17, 15) is 24.5 Å². The van der Waals surface area contributed by atoms with Gasteiger partial charge in [0.2, 0.25) is 0 Å². The molecule has 0 fully saturated rings. The van der Waals surface area contributed by atoms with Crippen molar-refractivity contribution in [2.75, 3.05) is 6.54 Å². The Hall–Kier alpha value is -3.07. The third-order valence-electron chi connectivity index (χ3n) is 3.75. The Balaban J connectivity index is 1.72. The van der Waals surface area contributed by atoms with Crippen molar-refractivity contribution in [3.05, 3.63) is 73.7 Å². The van der Waals surface area contributed by atoms with Crippen LogP contribution in [0.25, 0.3) is 0 Å². The van der Waals surface area contributed by atoms with Crippen molar-refractivity contribution in [3.8, 4) is 0 Å². The molecule has 1 aliphatic rings. The lowest BCUT2D eigenvalue weighted by atomic mass is 10.1. The number of ether oxygens (including phenoxy) is 1. The summed E-state index contributed by atoms with van der Waals surface area (Å²) in [5.41, 5.74) is -0.136. The van der Waals surface area contributed by atoms with Crippen LogP contribution in [0.5, 0.6) is 0 Å². The number of fused-ring (bicyclic) bond motifs is 1. The molecule has 2 aromatic rings. The molecule has 0 saturated heterocycles. The van der Waals surface area contributed by atoms with E-state index in [4.69, 9.17) is 4.74 Å². The Morgan fingerprint density at radius 3 is 2.58 bits per heavy atom. The van der Waals surface area contributed by atoms with Crippen LogP contribution in [-0.2, 0) is 16.1 Å². The van der Waals surface area contributed by atoms with Crippen LogP contribution in [0, 0.1) is 10.1 Å². The monoisotopic (exact) mass is 418 g/mol. The SMILES string of the molecule is O=C(CN1C(=O)c2cccc([N+](=O)[O-])c2C1=O)OCc1cccc(Br)c1. The van der Waals surface area contributed by atoms with Gasteiger partial charge in [0, 0.05) is 10.5 Å². The number of hydrogen-bond donors (Lipinski definition) is 0. The van der Waals surface area contributed by atoms with Gasteiger partial charge in [0.25, 0.3) is 17.5 Å². The lowest BCUT2D eigenvalue weighted by molar-refractivity contribution is -0.385. The summed E-state index contributed by atoms with van der Waals surface area (Å²) in [7, 11) is 0. The number of hydrogen-bond acceptors (Lipinski definition) is 6. The molecule has 0 saturated carbocycles. The predicted molar refractivity (Wildman–Crippen MR) is 92.4 cm³/mol. The van der Waals surface area contributed by atoms with Crippen LogP contribution in [0.4, 0.5) is 5.69 Å². The van der Waals surface area contributed by atoms with Crippen molar-refractivity contribution in [1.82, 2.24) is 4.90 Å². The molecule has 0 radical (unpaired) electrons. The van der Waals surface area contributed by atoms with Gasteiger partial charge in [-0.1, -0.05) is 34.1 Å². The highest BCUT2D eigenvalue weighted by molar-refractivity contribution is 9.10. The second-order valence-electron chi connectivity index (χ2n) is 5.44. The molecule has 1 aliphatic heterocycles. The summed E-state index contributed by atoms with van der Waals surface area (Å²) in [5.74, 6) is -2.42. The molecule has 0 N–H and O–H groups in total. The van der Waals surface area contributed by atoms with Crippen molar-refractivity contribution in [2.45, 2.75) is 6.61 Å². The first-order chi connectivity index (χ1) is 12.4. The summed E-state index contributed by atoms with van der Waals surface area (Å²) in [6.07, 6.45) is 0. The van der Waals surface area contributed by atoms with Gasteiger partial charge in [0.1, 0.15) is 18.7 Å². The second-order valence-corrected chi connectivity index (χ2v) is 6.36. The number of carbonyl (C=O) groups excluding carboxylic acids is 3. The molecular formula is C17H11BrN2O6. The molecule has 0 bridgehead atoms. The van der Waals surface area contributed by atoms with Crippen LogP contribution < -0.4 is 0 Å². The summed E-state index contributed by atoms with van der Waals surface area (Å²) < 4.78 is 5.90. The maximum atomic E-state index is 12.4. The first-order valence-electron chi connectivity index (χ1n) is 7.42. The Morgan fingerprint density at radius 2 is 1.88 bits per heavy atom. The lowest BCUT2D eigenvalue weighted by Gasteiger charge is -2.13. The fourth-order valence-corrected chi connectivity index (χ4v) is 3.02. The van der Waals surface area contributed by atoms with E-state index in [0.29, 0.717) is 4.90 Å². The molecule has 0 spiro atoms. The minimum Gasteiger partial charge on any atom is -0.459 e. The van der Waals surface area contributed by atoms with Crippen LogP contribution in [0.2, 0.25) is 0 Å². The van der Waals surface area contributed by atoms with E-state index in [2.05, 4.69) is 15.9 Å². The normalized spacial score (nSPS) is 12.9. The van der Waals surface area contributed by atoms with Gasteiger partial charge in [-0.05, 0) is 23.8 Å². The van der Waals surface area contributed by atoms with E-state index in [1.165, 1.54) is 12.1 Å². The summed E-state index contributed by atoms with van der Waals surface area (Å²) in [5, 5.41) is 11.1. The first-order valence-corrected chi connectivity index (χ1v) is 8.21. The van der Waals surface area contributed by atoms with Crippen LogP contribution in [0.3, 0.4) is 0 Å². The van der Waals surface area contributed by atoms with Crippen LogP contribution in [0.15, 0.2) is 46.9 Å². The van der Waals surface area contributed by atoms with Crippen LogP contribution in [0.1, 0.15) is 26.3 Å². The van der Waals surface area contributed by atoms with Crippen molar-refractivity contribution in [2.24, 2.45) is 0 Å². The Bertz CT molecular complexity index is 943. The zero-order valence-electron chi connectivity index (χ0n) is 13.2. The highest BCUT2D eigenvalue weighted by atomic mass is 79.9. The topological polar surface area (TPSA) is 107 Å². The fourth-order valence-electron chi connectivity index (χ4n) is 2.58. The van der Waals surface area contributed by atoms with E-state index in [-0.39, 0.29) is 17.7 Å². The number of halogens is 1. The zero-order chi connectivity index (χ0) is 18.8. The predicted octanol–water partition coefficient (Wildman–Crippen LogP) is 2.70. The fraction of sp³-hybridized carbons (Fsp3) is 0.118. The van der Waals surface area contributed by atoms with Gasteiger partial charge >= 0.3 is 5.97 Å². The molecule has 26 heavy (non-hydrogen) atoms. The van der Waals surface area contributed by atoms with Crippen molar-refractivity contribution < 1.29 is 24.0 Å². The third kappa shape index (κ3) is 3.33. The third-order valence-corrected chi connectivity index (χ3v) is 4.24. The van der Waals surface area contributed by atoms with Gasteiger partial charge in [0.15, 0.2) is 0 Å². The van der Waals surface area contributed by atoms with E-state index < -0.39 is 34.9 Å².